The molecule has 0 spiro atoms. The van der Waals surface area contributed by atoms with Crippen LogP contribution in [0, 0.1) is 17.7 Å². The molecule has 4 nitrogen and oxygen atoms in total. The van der Waals surface area contributed by atoms with Crippen LogP contribution in [0.3, 0.4) is 0 Å². The molecule has 0 saturated heterocycles. The Kier molecular flexibility index (Phi) is 5.07. The van der Waals surface area contributed by atoms with Gasteiger partial charge in [0.15, 0.2) is 0 Å². The van der Waals surface area contributed by atoms with Gasteiger partial charge in [-0.3, -0.25) is 10.3 Å². The third-order valence-corrected chi connectivity index (χ3v) is 6.77. The van der Waals surface area contributed by atoms with Crippen LogP contribution < -0.4 is 5.32 Å². The van der Waals surface area contributed by atoms with E-state index in [9.17, 15) is 9.18 Å². The highest BCUT2D eigenvalue weighted by atomic mass is 35.5. The van der Waals surface area contributed by atoms with Crippen LogP contribution in [0.5, 0.6) is 0 Å². The van der Waals surface area contributed by atoms with Gasteiger partial charge in [0.1, 0.15) is 11.9 Å². The summed E-state index contributed by atoms with van der Waals surface area (Å²) in [7, 11) is 0. The number of carbonyl (C=O) groups excluding carboxylic acids is 1. The van der Waals surface area contributed by atoms with Crippen LogP contribution in [-0.2, 0) is 4.74 Å². The second-order valence-corrected chi connectivity index (χ2v) is 8.82. The summed E-state index contributed by atoms with van der Waals surface area (Å²) >= 11 is 5.87. The van der Waals surface area contributed by atoms with Crippen molar-refractivity contribution in [1.82, 2.24) is 4.98 Å². The standard InChI is InChI=1S/C24H22ClFN2O2/c25-17-1-4-19(5-2-17)28-24(29)30-20-11-14-9-16(10-15(14)12-20)21-7-8-27-23-6-3-18(26)13-22(21)23/h1-8,13-16,20H,9-12H2,(H,28,29)/t14-,15+,16-,20+. The van der Waals surface area contributed by atoms with Gasteiger partial charge in [0, 0.05) is 22.3 Å². The molecule has 1 aromatic heterocycles. The zero-order chi connectivity index (χ0) is 20.7. The zero-order valence-corrected chi connectivity index (χ0v) is 17.1. The molecule has 0 radical (unpaired) electrons. The number of fused-ring (bicyclic) bond motifs is 2. The second-order valence-electron chi connectivity index (χ2n) is 8.38. The molecule has 0 aliphatic heterocycles. The first kappa shape index (κ1) is 19.3. The van der Waals surface area contributed by atoms with Gasteiger partial charge in [0.25, 0.3) is 0 Å². The van der Waals surface area contributed by atoms with Crippen molar-refractivity contribution in [2.45, 2.75) is 37.7 Å². The number of benzene rings is 2. The quantitative estimate of drug-likeness (QED) is 0.518. The molecule has 4 atom stereocenters. The van der Waals surface area contributed by atoms with Gasteiger partial charge in [-0.15, -0.1) is 0 Å². The van der Waals surface area contributed by atoms with Crippen molar-refractivity contribution in [1.29, 1.82) is 0 Å². The van der Waals surface area contributed by atoms with Crippen LogP contribution in [-0.4, -0.2) is 17.2 Å². The molecule has 0 bridgehead atoms. The van der Waals surface area contributed by atoms with Crippen molar-refractivity contribution >= 4 is 34.3 Å². The highest BCUT2D eigenvalue weighted by Gasteiger charge is 2.43. The number of hydrogen-bond acceptors (Lipinski definition) is 3. The topological polar surface area (TPSA) is 51.2 Å². The van der Waals surface area contributed by atoms with Gasteiger partial charge >= 0.3 is 6.09 Å². The van der Waals surface area contributed by atoms with Crippen LogP contribution >= 0.6 is 11.6 Å². The van der Waals surface area contributed by atoms with E-state index in [1.807, 2.05) is 12.3 Å². The number of aromatic nitrogens is 1. The highest BCUT2D eigenvalue weighted by molar-refractivity contribution is 6.30. The molecule has 2 aliphatic rings. The van der Waals surface area contributed by atoms with Crippen molar-refractivity contribution in [2.24, 2.45) is 11.8 Å². The average molecular weight is 425 g/mol. The van der Waals surface area contributed by atoms with E-state index < -0.39 is 6.09 Å². The summed E-state index contributed by atoms with van der Waals surface area (Å²) in [4.78, 5) is 16.6. The van der Waals surface area contributed by atoms with Crippen LogP contribution in [0.4, 0.5) is 14.9 Å². The summed E-state index contributed by atoms with van der Waals surface area (Å²) in [6.45, 7) is 0. The second kappa shape index (κ2) is 7.88. The number of hydrogen-bond donors (Lipinski definition) is 1. The fourth-order valence-corrected chi connectivity index (χ4v) is 5.36. The van der Waals surface area contributed by atoms with Gasteiger partial charge in [-0.2, -0.15) is 0 Å². The van der Waals surface area contributed by atoms with Gasteiger partial charge in [0.05, 0.1) is 5.52 Å². The molecular weight excluding hydrogens is 403 g/mol. The van der Waals surface area contributed by atoms with Crippen LogP contribution in [0.1, 0.15) is 37.2 Å². The number of nitrogens with zero attached hydrogens (tertiary/aromatic N) is 1. The van der Waals surface area contributed by atoms with Crippen LogP contribution in [0.2, 0.25) is 5.02 Å². The summed E-state index contributed by atoms with van der Waals surface area (Å²) in [6.07, 6.45) is 5.18. The predicted molar refractivity (Wildman–Crippen MR) is 115 cm³/mol. The Morgan fingerprint density at radius 2 is 1.77 bits per heavy atom. The number of carbonyl (C=O) groups is 1. The maximum atomic E-state index is 13.8. The Labute approximate surface area is 179 Å². The molecule has 6 heteroatoms. The fourth-order valence-electron chi connectivity index (χ4n) is 5.24. The Morgan fingerprint density at radius 1 is 1.03 bits per heavy atom. The van der Waals surface area contributed by atoms with E-state index in [0.717, 1.165) is 36.6 Å². The van der Waals surface area contributed by atoms with Gasteiger partial charge < -0.3 is 4.74 Å². The summed E-state index contributed by atoms with van der Waals surface area (Å²) in [5.41, 5.74) is 2.69. The molecule has 2 aromatic carbocycles. The summed E-state index contributed by atoms with van der Waals surface area (Å²) < 4.78 is 19.5. The smallest absolute Gasteiger partial charge is 0.411 e. The largest absolute Gasteiger partial charge is 0.446 e. The number of pyridine rings is 1. The van der Waals surface area contributed by atoms with E-state index in [0.29, 0.717) is 28.5 Å². The van der Waals surface area contributed by atoms with E-state index in [-0.39, 0.29) is 11.9 Å². The third-order valence-electron chi connectivity index (χ3n) is 6.51. The maximum Gasteiger partial charge on any atom is 0.411 e. The molecule has 1 heterocycles. The molecule has 0 unspecified atom stereocenters. The van der Waals surface area contributed by atoms with Crippen molar-refractivity contribution in [2.75, 3.05) is 5.32 Å². The van der Waals surface area contributed by atoms with Crippen molar-refractivity contribution in [3.63, 3.8) is 0 Å². The molecule has 1 amide bonds. The SMILES string of the molecule is O=C(Nc1ccc(Cl)cc1)O[C@@H]1C[C@@H]2C[C@H](c3ccnc4ccc(F)cc34)C[C@@H]2C1. The van der Waals surface area contributed by atoms with E-state index in [2.05, 4.69) is 10.3 Å². The lowest BCUT2D eigenvalue weighted by molar-refractivity contribution is 0.109. The Hall–Kier alpha value is -2.66. The normalized spacial score (nSPS) is 25.3. The first-order valence-electron chi connectivity index (χ1n) is 10.3. The molecule has 2 fully saturated rings. The lowest BCUT2D eigenvalue weighted by Crippen LogP contribution is -2.21. The van der Waals surface area contributed by atoms with Crippen molar-refractivity contribution in [3.05, 3.63) is 71.1 Å². The number of anilines is 1. The van der Waals surface area contributed by atoms with Gasteiger partial charge in [-0.05, 0) is 97.5 Å². The summed E-state index contributed by atoms with van der Waals surface area (Å²) in [6, 6.07) is 13.8. The van der Waals surface area contributed by atoms with Crippen molar-refractivity contribution < 1.29 is 13.9 Å². The van der Waals surface area contributed by atoms with Gasteiger partial charge in [0.2, 0.25) is 0 Å². The van der Waals surface area contributed by atoms with E-state index in [1.165, 1.54) is 11.6 Å². The number of amides is 1. The minimum atomic E-state index is -0.422. The van der Waals surface area contributed by atoms with Gasteiger partial charge in [-0.1, -0.05) is 11.6 Å². The maximum absolute atomic E-state index is 13.8. The van der Waals surface area contributed by atoms with E-state index in [1.54, 1.807) is 36.4 Å². The lowest BCUT2D eigenvalue weighted by Gasteiger charge is -2.17. The van der Waals surface area contributed by atoms with Crippen LogP contribution in [0.25, 0.3) is 10.9 Å². The Bertz CT molecular complexity index is 1070. The molecule has 30 heavy (non-hydrogen) atoms. The first-order chi connectivity index (χ1) is 14.5. The summed E-state index contributed by atoms with van der Waals surface area (Å²) in [5.74, 6) is 1.23. The van der Waals surface area contributed by atoms with Crippen LogP contribution in [0.15, 0.2) is 54.7 Å². The molecule has 2 saturated carbocycles. The predicted octanol–water partition coefficient (Wildman–Crippen LogP) is 6.55. The fraction of sp³-hybridized carbons (Fsp3) is 0.333. The van der Waals surface area contributed by atoms with Gasteiger partial charge in [-0.25, -0.2) is 9.18 Å². The number of nitrogens with one attached hydrogen (secondary N) is 1. The third kappa shape index (κ3) is 3.86. The number of ether oxygens (including phenoxy) is 1. The lowest BCUT2D eigenvalue weighted by atomic mass is 9.92. The molecule has 5 rings (SSSR count). The number of halogens is 2. The monoisotopic (exact) mass is 424 g/mol. The Morgan fingerprint density at radius 3 is 2.50 bits per heavy atom. The van der Waals surface area contributed by atoms with E-state index in [4.69, 9.17) is 16.3 Å². The highest BCUT2D eigenvalue weighted by Crippen LogP contribution is 2.52. The minimum absolute atomic E-state index is 0.0557. The first-order valence-corrected chi connectivity index (χ1v) is 10.7. The molecule has 154 valence electrons. The molecule has 1 N–H and O–H groups in total. The molecular formula is C24H22ClFN2O2. The minimum Gasteiger partial charge on any atom is -0.446 e. The van der Waals surface area contributed by atoms with E-state index >= 15 is 0 Å². The summed E-state index contributed by atoms with van der Waals surface area (Å²) in [5, 5.41) is 4.30. The zero-order valence-electron chi connectivity index (χ0n) is 16.4. The van der Waals surface area contributed by atoms with Crippen molar-refractivity contribution in [3.8, 4) is 0 Å². The molecule has 2 aliphatic carbocycles. The Balaban J connectivity index is 1.21. The average Bonchev–Trinajstić information content (AvgIpc) is 3.27. The number of rotatable bonds is 3. The molecule has 3 aromatic rings.